The van der Waals surface area contributed by atoms with Crippen LogP contribution in [0.2, 0.25) is 0 Å². The van der Waals surface area contributed by atoms with Crippen LogP contribution in [0.5, 0.6) is 0 Å². The minimum Gasteiger partial charge on any atom is -0.392 e. The summed E-state index contributed by atoms with van der Waals surface area (Å²) >= 11 is 0. The van der Waals surface area contributed by atoms with Crippen LogP contribution in [-0.4, -0.2) is 5.11 Å². The summed E-state index contributed by atoms with van der Waals surface area (Å²) in [6, 6.07) is 5.89. The van der Waals surface area contributed by atoms with Crippen LogP contribution in [0.1, 0.15) is 19.4 Å². The van der Waals surface area contributed by atoms with Crippen LogP contribution in [0, 0.1) is 5.82 Å². The van der Waals surface area contributed by atoms with Crippen molar-refractivity contribution in [1.29, 1.82) is 0 Å². The van der Waals surface area contributed by atoms with E-state index in [4.69, 9.17) is 5.11 Å². The number of halogens is 1. The van der Waals surface area contributed by atoms with Crippen molar-refractivity contribution in [2.75, 3.05) is 0 Å². The fourth-order valence-electron chi connectivity index (χ4n) is 0.635. The molecule has 1 aromatic carbocycles. The Morgan fingerprint density at radius 1 is 1.36 bits per heavy atom. The molecule has 11 heavy (non-hydrogen) atoms. The molecule has 0 radical (unpaired) electrons. The van der Waals surface area contributed by atoms with Gasteiger partial charge >= 0.3 is 0 Å². The molecule has 0 fully saturated rings. The normalized spacial score (nSPS) is 8.36. The summed E-state index contributed by atoms with van der Waals surface area (Å²) in [5.41, 5.74) is 0.606. The monoisotopic (exact) mass is 156 g/mol. The topological polar surface area (TPSA) is 20.2 Å². The van der Waals surface area contributed by atoms with E-state index in [9.17, 15) is 4.39 Å². The molecule has 0 aliphatic heterocycles. The highest BCUT2D eigenvalue weighted by molar-refractivity contribution is 5.14. The molecule has 0 aliphatic carbocycles. The predicted molar refractivity (Wildman–Crippen MR) is 43.7 cm³/mol. The molecule has 0 saturated heterocycles. The number of aliphatic hydroxyl groups is 1. The standard InChI is InChI=1S/C7H7FO.C2H6/c8-7-3-1-2-6(4-7)5-9;1-2/h1-4,9H,5H2;1-2H3. The summed E-state index contributed by atoms with van der Waals surface area (Å²) in [6.07, 6.45) is 0. The summed E-state index contributed by atoms with van der Waals surface area (Å²) in [6.45, 7) is 3.90. The molecular weight excluding hydrogens is 143 g/mol. The Balaban J connectivity index is 0.000000461. The lowest BCUT2D eigenvalue weighted by atomic mass is 10.2. The number of rotatable bonds is 1. The Morgan fingerprint density at radius 3 is 2.36 bits per heavy atom. The number of hydrogen-bond donors (Lipinski definition) is 1. The van der Waals surface area contributed by atoms with Gasteiger partial charge in [0.2, 0.25) is 0 Å². The maximum absolute atomic E-state index is 12.2. The Labute approximate surface area is 66.5 Å². The Bertz CT molecular complexity index is 199. The van der Waals surface area contributed by atoms with Crippen LogP contribution < -0.4 is 0 Å². The van der Waals surface area contributed by atoms with Gasteiger partial charge in [-0.15, -0.1) is 0 Å². The van der Waals surface area contributed by atoms with E-state index in [0.717, 1.165) is 0 Å². The average molecular weight is 156 g/mol. The van der Waals surface area contributed by atoms with Gasteiger partial charge in [0.1, 0.15) is 5.82 Å². The summed E-state index contributed by atoms with van der Waals surface area (Å²) < 4.78 is 12.2. The van der Waals surface area contributed by atoms with Gasteiger partial charge in [-0.05, 0) is 17.7 Å². The predicted octanol–water partition coefficient (Wildman–Crippen LogP) is 2.34. The summed E-state index contributed by atoms with van der Waals surface area (Å²) in [5.74, 6) is -0.304. The Kier molecular flexibility index (Phi) is 5.39. The molecule has 0 amide bonds. The van der Waals surface area contributed by atoms with Gasteiger partial charge < -0.3 is 5.11 Å². The molecule has 62 valence electrons. The molecule has 0 spiro atoms. The number of aliphatic hydroxyl groups excluding tert-OH is 1. The van der Waals surface area contributed by atoms with Crippen molar-refractivity contribution in [3.05, 3.63) is 35.6 Å². The van der Waals surface area contributed by atoms with E-state index >= 15 is 0 Å². The first kappa shape index (κ1) is 10.1. The first-order chi connectivity index (χ1) is 5.33. The van der Waals surface area contributed by atoms with Crippen molar-refractivity contribution >= 4 is 0 Å². The molecular formula is C9H13FO. The molecule has 1 nitrogen and oxygen atoms in total. The second kappa shape index (κ2) is 5.86. The lowest BCUT2D eigenvalue weighted by molar-refractivity contribution is 0.281. The molecule has 1 N–H and O–H groups in total. The molecule has 0 saturated carbocycles. The molecule has 0 aromatic heterocycles. The van der Waals surface area contributed by atoms with Gasteiger partial charge in [0.05, 0.1) is 6.61 Å². The van der Waals surface area contributed by atoms with Gasteiger partial charge in [-0.25, -0.2) is 4.39 Å². The van der Waals surface area contributed by atoms with E-state index in [0.29, 0.717) is 5.56 Å². The summed E-state index contributed by atoms with van der Waals surface area (Å²) in [5, 5.41) is 8.50. The van der Waals surface area contributed by atoms with Crippen LogP contribution in [0.3, 0.4) is 0 Å². The van der Waals surface area contributed by atoms with Gasteiger partial charge in [0.15, 0.2) is 0 Å². The van der Waals surface area contributed by atoms with E-state index < -0.39 is 0 Å². The van der Waals surface area contributed by atoms with Crippen molar-refractivity contribution in [2.24, 2.45) is 0 Å². The Morgan fingerprint density at radius 2 is 2.00 bits per heavy atom. The molecule has 2 heteroatoms. The minimum atomic E-state index is -0.304. The third-order valence-corrected chi connectivity index (χ3v) is 1.07. The van der Waals surface area contributed by atoms with Crippen LogP contribution in [0.4, 0.5) is 4.39 Å². The van der Waals surface area contributed by atoms with E-state index in [2.05, 4.69) is 0 Å². The molecule has 1 rings (SSSR count). The zero-order valence-corrected chi connectivity index (χ0v) is 6.84. The van der Waals surface area contributed by atoms with E-state index in [1.807, 2.05) is 13.8 Å². The second-order valence-corrected chi connectivity index (χ2v) is 1.79. The Hall–Kier alpha value is -0.890. The highest BCUT2D eigenvalue weighted by atomic mass is 19.1. The van der Waals surface area contributed by atoms with Crippen LogP contribution in [0.15, 0.2) is 24.3 Å². The zero-order chi connectivity index (χ0) is 8.69. The third-order valence-electron chi connectivity index (χ3n) is 1.07. The van der Waals surface area contributed by atoms with Crippen LogP contribution in [0.25, 0.3) is 0 Å². The van der Waals surface area contributed by atoms with E-state index in [1.165, 1.54) is 12.1 Å². The minimum absolute atomic E-state index is 0.0994. The highest BCUT2D eigenvalue weighted by Crippen LogP contribution is 2.01. The molecule has 0 bridgehead atoms. The van der Waals surface area contributed by atoms with Crippen molar-refractivity contribution in [3.8, 4) is 0 Å². The average Bonchev–Trinajstić information content (AvgIpc) is 2.08. The van der Waals surface area contributed by atoms with E-state index in [-0.39, 0.29) is 12.4 Å². The maximum Gasteiger partial charge on any atom is 0.123 e. The smallest absolute Gasteiger partial charge is 0.123 e. The highest BCUT2D eigenvalue weighted by Gasteiger charge is 1.89. The lowest BCUT2D eigenvalue weighted by Gasteiger charge is -1.92. The quantitative estimate of drug-likeness (QED) is 0.661. The molecule has 0 unspecified atom stereocenters. The van der Waals surface area contributed by atoms with Crippen LogP contribution in [-0.2, 0) is 6.61 Å². The second-order valence-electron chi connectivity index (χ2n) is 1.79. The first-order valence-corrected chi connectivity index (χ1v) is 3.68. The molecule has 0 heterocycles. The van der Waals surface area contributed by atoms with Crippen LogP contribution >= 0.6 is 0 Å². The van der Waals surface area contributed by atoms with Gasteiger partial charge in [0.25, 0.3) is 0 Å². The first-order valence-electron chi connectivity index (χ1n) is 3.68. The zero-order valence-electron chi connectivity index (χ0n) is 6.84. The van der Waals surface area contributed by atoms with Gasteiger partial charge in [-0.2, -0.15) is 0 Å². The molecule has 0 aliphatic rings. The fourth-order valence-corrected chi connectivity index (χ4v) is 0.635. The maximum atomic E-state index is 12.2. The van der Waals surface area contributed by atoms with Crippen molar-refractivity contribution in [1.82, 2.24) is 0 Å². The number of benzene rings is 1. The van der Waals surface area contributed by atoms with Crippen molar-refractivity contribution in [3.63, 3.8) is 0 Å². The third kappa shape index (κ3) is 3.73. The summed E-state index contributed by atoms with van der Waals surface area (Å²) in [4.78, 5) is 0. The van der Waals surface area contributed by atoms with Gasteiger partial charge in [-0.1, -0.05) is 26.0 Å². The SMILES string of the molecule is CC.OCc1cccc(F)c1. The molecule has 1 aromatic rings. The number of hydrogen-bond acceptors (Lipinski definition) is 1. The van der Waals surface area contributed by atoms with Crippen molar-refractivity contribution < 1.29 is 9.50 Å². The summed E-state index contributed by atoms with van der Waals surface area (Å²) in [7, 11) is 0. The van der Waals surface area contributed by atoms with Gasteiger partial charge in [0, 0.05) is 0 Å². The van der Waals surface area contributed by atoms with Crippen molar-refractivity contribution in [2.45, 2.75) is 20.5 Å². The fraction of sp³-hybridized carbons (Fsp3) is 0.333. The largest absolute Gasteiger partial charge is 0.392 e. The van der Waals surface area contributed by atoms with E-state index in [1.54, 1.807) is 12.1 Å². The molecule has 0 atom stereocenters. The van der Waals surface area contributed by atoms with Gasteiger partial charge in [-0.3, -0.25) is 0 Å². The lowest BCUT2D eigenvalue weighted by Crippen LogP contribution is -1.82.